The second-order valence-electron chi connectivity index (χ2n) is 7.94. The van der Waals surface area contributed by atoms with E-state index in [9.17, 15) is 33.2 Å². The second kappa shape index (κ2) is 12.4. The Labute approximate surface area is 195 Å². The van der Waals surface area contributed by atoms with Crippen molar-refractivity contribution in [3.63, 3.8) is 0 Å². The number of amides is 4. The van der Waals surface area contributed by atoms with Crippen molar-refractivity contribution in [3.8, 4) is 0 Å². The second-order valence-corrected chi connectivity index (χ2v) is 7.94. The van der Waals surface area contributed by atoms with Gasteiger partial charge in [0.1, 0.15) is 24.2 Å². The number of carbonyl (C=O) groups is 6. The number of carbonyl (C=O) groups excluding carboxylic acids is 5. The first kappa shape index (κ1) is 26.4. The molecule has 1 heterocycles. The van der Waals surface area contributed by atoms with E-state index in [1.165, 1.54) is 17.0 Å². The van der Waals surface area contributed by atoms with Gasteiger partial charge in [0.15, 0.2) is 0 Å². The van der Waals surface area contributed by atoms with Crippen LogP contribution in [-0.4, -0.2) is 77.6 Å². The lowest BCUT2D eigenvalue weighted by atomic mass is 10.1. The number of rotatable bonds is 7. The molecule has 0 bridgehead atoms. The summed E-state index contributed by atoms with van der Waals surface area (Å²) in [6, 6.07) is 1.08. The number of aldehydes is 1. The SMILES string of the molecule is CN1CCC[C@@H](C(=O)N[C@H](C=O)CC(=O)O)NC(=O)[C@@H](NC(=O)c2ccc(F)cc2)CCC1=O. The molecule has 0 saturated carbocycles. The van der Waals surface area contributed by atoms with Gasteiger partial charge >= 0.3 is 5.97 Å². The minimum Gasteiger partial charge on any atom is -0.481 e. The van der Waals surface area contributed by atoms with Gasteiger partial charge in [-0.3, -0.25) is 24.0 Å². The van der Waals surface area contributed by atoms with Gasteiger partial charge in [0, 0.05) is 25.6 Å². The molecule has 0 aliphatic carbocycles. The number of nitrogens with one attached hydrogen (secondary N) is 3. The Balaban J connectivity index is 2.20. The molecule has 4 amide bonds. The van der Waals surface area contributed by atoms with Gasteiger partial charge in [0.05, 0.1) is 12.5 Å². The van der Waals surface area contributed by atoms with Crippen molar-refractivity contribution >= 4 is 35.9 Å². The summed E-state index contributed by atoms with van der Waals surface area (Å²) in [6.45, 7) is 0.303. The fourth-order valence-corrected chi connectivity index (χ4v) is 3.37. The normalized spacial score (nSPS) is 20.4. The molecule has 1 fully saturated rings. The van der Waals surface area contributed by atoms with Crippen molar-refractivity contribution in [2.24, 2.45) is 0 Å². The van der Waals surface area contributed by atoms with E-state index in [4.69, 9.17) is 5.11 Å². The van der Waals surface area contributed by atoms with Crippen LogP contribution in [0.4, 0.5) is 4.39 Å². The molecular weight excluding hydrogens is 451 g/mol. The van der Waals surface area contributed by atoms with Gasteiger partial charge < -0.3 is 30.8 Å². The molecule has 1 aliphatic rings. The highest BCUT2D eigenvalue weighted by molar-refractivity contribution is 5.98. The Kier molecular flexibility index (Phi) is 9.65. The highest BCUT2D eigenvalue weighted by atomic mass is 19.1. The number of carboxylic acid groups (broad SMARTS) is 1. The standard InChI is InChI=1S/C22H27FN4O7/c1-27-10-2-3-16(21(33)24-15(12-28)11-19(30)31)26-22(34)17(8-9-18(27)29)25-20(32)13-4-6-14(23)7-5-13/h4-7,12,15-17H,2-3,8-11H2,1H3,(H,24,33)(H,25,32)(H,26,34)(H,30,31)/t15-,16-,17-/m0/s1. The average Bonchev–Trinajstić information content (AvgIpc) is 2.81. The highest BCUT2D eigenvalue weighted by Crippen LogP contribution is 2.10. The summed E-state index contributed by atoms with van der Waals surface area (Å²) in [5.41, 5.74) is 0.101. The topological polar surface area (TPSA) is 162 Å². The molecule has 1 aromatic rings. The van der Waals surface area contributed by atoms with Crippen LogP contribution in [0, 0.1) is 5.82 Å². The predicted molar refractivity (Wildman–Crippen MR) is 116 cm³/mol. The van der Waals surface area contributed by atoms with Crippen molar-refractivity contribution in [3.05, 3.63) is 35.6 Å². The fourth-order valence-electron chi connectivity index (χ4n) is 3.37. The van der Waals surface area contributed by atoms with Gasteiger partial charge in [-0.2, -0.15) is 0 Å². The molecular formula is C22H27FN4O7. The van der Waals surface area contributed by atoms with Gasteiger partial charge in [-0.05, 0) is 43.5 Å². The number of aliphatic carboxylic acids is 1. The van der Waals surface area contributed by atoms with E-state index >= 15 is 0 Å². The van der Waals surface area contributed by atoms with Crippen LogP contribution in [0.15, 0.2) is 24.3 Å². The Hall–Kier alpha value is -3.83. The van der Waals surface area contributed by atoms with Gasteiger partial charge in [0.2, 0.25) is 17.7 Å². The molecule has 1 aliphatic heterocycles. The fraction of sp³-hybridized carbons (Fsp3) is 0.455. The Morgan fingerprint density at radius 2 is 1.91 bits per heavy atom. The third-order valence-electron chi connectivity index (χ3n) is 5.31. The molecule has 0 radical (unpaired) electrons. The third kappa shape index (κ3) is 7.94. The van der Waals surface area contributed by atoms with Crippen LogP contribution in [0.2, 0.25) is 0 Å². The van der Waals surface area contributed by atoms with Gasteiger partial charge in [-0.1, -0.05) is 0 Å². The lowest BCUT2D eigenvalue weighted by Gasteiger charge is -2.23. The van der Waals surface area contributed by atoms with Crippen LogP contribution in [0.3, 0.4) is 0 Å². The lowest BCUT2D eigenvalue weighted by Crippen LogP contribution is -2.55. The minimum absolute atomic E-state index is 0.0407. The van der Waals surface area contributed by atoms with Gasteiger partial charge in [-0.15, -0.1) is 0 Å². The maximum Gasteiger partial charge on any atom is 0.305 e. The summed E-state index contributed by atoms with van der Waals surface area (Å²) >= 11 is 0. The molecule has 0 aromatic heterocycles. The van der Waals surface area contributed by atoms with Crippen LogP contribution in [0.5, 0.6) is 0 Å². The van der Waals surface area contributed by atoms with Gasteiger partial charge in [-0.25, -0.2) is 4.39 Å². The molecule has 1 saturated heterocycles. The molecule has 4 N–H and O–H groups in total. The lowest BCUT2D eigenvalue weighted by molar-refractivity contribution is -0.139. The molecule has 2 rings (SSSR count). The van der Waals surface area contributed by atoms with Crippen LogP contribution >= 0.6 is 0 Å². The molecule has 0 unspecified atom stereocenters. The zero-order valence-corrected chi connectivity index (χ0v) is 18.6. The molecule has 34 heavy (non-hydrogen) atoms. The number of nitrogens with zero attached hydrogens (tertiary/aromatic N) is 1. The maximum absolute atomic E-state index is 13.1. The van der Waals surface area contributed by atoms with Crippen molar-refractivity contribution in [2.75, 3.05) is 13.6 Å². The molecule has 12 heteroatoms. The number of halogens is 1. The molecule has 11 nitrogen and oxygen atoms in total. The van der Waals surface area contributed by atoms with E-state index in [2.05, 4.69) is 16.0 Å². The van der Waals surface area contributed by atoms with Crippen LogP contribution < -0.4 is 16.0 Å². The third-order valence-corrected chi connectivity index (χ3v) is 5.31. The number of carboxylic acids is 1. The zero-order chi connectivity index (χ0) is 25.3. The predicted octanol–water partition coefficient (Wildman–Crippen LogP) is -0.400. The van der Waals surface area contributed by atoms with Crippen LogP contribution in [-0.2, 0) is 24.0 Å². The Bertz CT molecular complexity index is 938. The van der Waals surface area contributed by atoms with E-state index in [1.54, 1.807) is 7.05 Å². The van der Waals surface area contributed by atoms with Crippen molar-refractivity contribution in [2.45, 2.75) is 50.2 Å². The Morgan fingerprint density at radius 1 is 1.24 bits per heavy atom. The summed E-state index contributed by atoms with van der Waals surface area (Å²) in [5, 5.41) is 16.2. The first-order valence-corrected chi connectivity index (χ1v) is 10.7. The summed E-state index contributed by atoms with van der Waals surface area (Å²) in [7, 11) is 1.58. The number of hydrogen-bond donors (Lipinski definition) is 4. The first-order chi connectivity index (χ1) is 16.1. The summed E-state index contributed by atoms with van der Waals surface area (Å²) in [6.07, 6.45) is 0.0261. The van der Waals surface area contributed by atoms with E-state index in [-0.39, 0.29) is 37.0 Å². The zero-order valence-electron chi connectivity index (χ0n) is 18.6. The largest absolute Gasteiger partial charge is 0.481 e. The van der Waals surface area contributed by atoms with Crippen molar-refractivity contribution in [1.82, 2.24) is 20.9 Å². The Morgan fingerprint density at radius 3 is 2.53 bits per heavy atom. The first-order valence-electron chi connectivity index (χ1n) is 10.7. The van der Waals surface area contributed by atoms with Gasteiger partial charge in [0.25, 0.3) is 5.91 Å². The summed E-state index contributed by atoms with van der Waals surface area (Å²) < 4.78 is 13.1. The average molecular weight is 478 g/mol. The molecule has 3 atom stereocenters. The quantitative estimate of drug-likeness (QED) is 0.388. The number of hydrogen-bond acceptors (Lipinski definition) is 6. The highest BCUT2D eigenvalue weighted by Gasteiger charge is 2.30. The van der Waals surface area contributed by atoms with E-state index in [0.717, 1.165) is 12.1 Å². The number of benzene rings is 1. The summed E-state index contributed by atoms with van der Waals surface area (Å²) in [4.78, 5) is 74.0. The minimum atomic E-state index is -1.28. The maximum atomic E-state index is 13.1. The van der Waals surface area contributed by atoms with Crippen LogP contribution in [0.25, 0.3) is 0 Å². The monoisotopic (exact) mass is 478 g/mol. The van der Waals surface area contributed by atoms with E-state index in [0.29, 0.717) is 13.0 Å². The van der Waals surface area contributed by atoms with Crippen LogP contribution in [0.1, 0.15) is 42.5 Å². The molecule has 184 valence electrons. The smallest absolute Gasteiger partial charge is 0.305 e. The molecule has 0 spiro atoms. The van der Waals surface area contributed by atoms with E-state index in [1.807, 2.05) is 0 Å². The van der Waals surface area contributed by atoms with Crippen molar-refractivity contribution < 1.29 is 38.3 Å². The van der Waals surface area contributed by atoms with E-state index < -0.39 is 54.1 Å². The summed E-state index contributed by atoms with van der Waals surface area (Å²) in [5.74, 6) is -4.23. The molecule has 1 aromatic carbocycles. The van der Waals surface area contributed by atoms with Crippen molar-refractivity contribution in [1.29, 1.82) is 0 Å².